The molecule has 0 radical (unpaired) electrons. The molecule has 0 aromatic heterocycles. The molecule has 1 aromatic carbocycles. The van der Waals surface area contributed by atoms with Crippen molar-refractivity contribution in [2.45, 2.75) is 18.9 Å². The van der Waals surface area contributed by atoms with Gasteiger partial charge in [0.25, 0.3) is 5.91 Å². The van der Waals surface area contributed by atoms with Gasteiger partial charge in [-0.2, -0.15) is 0 Å². The lowest BCUT2D eigenvalue weighted by atomic mass is 10.1. The molecular weight excluding hydrogens is 274 g/mol. The summed E-state index contributed by atoms with van der Waals surface area (Å²) in [6, 6.07) is 5.84. The zero-order chi connectivity index (χ0) is 15.1. The van der Waals surface area contributed by atoms with Crippen LogP contribution in [0, 0.1) is 0 Å². The zero-order valence-corrected chi connectivity index (χ0v) is 11.7. The van der Waals surface area contributed by atoms with E-state index in [0.29, 0.717) is 25.3 Å². The second-order valence-electron chi connectivity index (χ2n) is 4.85. The van der Waals surface area contributed by atoms with Gasteiger partial charge >= 0.3 is 5.97 Å². The third kappa shape index (κ3) is 4.84. The van der Waals surface area contributed by atoms with E-state index in [1.54, 1.807) is 0 Å². The second kappa shape index (κ2) is 7.75. The Hall–Kier alpha value is -1.92. The maximum Gasteiger partial charge on any atom is 0.335 e. The summed E-state index contributed by atoms with van der Waals surface area (Å²) in [6.45, 7) is 2.52. The van der Waals surface area contributed by atoms with E-state index in [-0.39, 0.29) is 17.6 Å². The van der Waals surface area contributed by atoms with Gasteiger partial charge in [0.1, 0.15) is 0 Å². The molecule has 1 aliphatic heterocycles. The number of rotatable bonds is 7. The van der Waals surface area contributed by atoms with E-state index >= 15 is 0 Å². The number of ether oxygens (including phenoxy) is 2. The molecule has 1 amide bonds. The number of carbonyl (C=O) groups is 2. The van der Waals surface area contributed by atoms with Gasteiger partial charge in [0, 0.05) is 25.3 Å². The average molecular weight is 293 g/mol. The van der Waals surface area contributed by atoms with E-state index in [1.807, 2.05) is 0 Å². The highest BCUT2D eigenvalue weighted by molar-refractivity contribution is 5.95. The van der Waals surface area contributed by atoms with Gasteiger partial charge in [-0.3, -0.25) is 4.79 Å². The summed E-state index contributed by atoms with van der Waals surface area (Å²) in [5, 5.41) is 11.6. The number of carboxylic acid groups (broad SMARTS) is 1. The van der Waals surface area contributed by atoms with Crippen molar-refractivity contribution in [1.29, 1.82) is 0 Å². The standard InChI is InChI=1S/C15H19NO5/c17-14(11-2-4-12(5-3-11)15(18)19)16-7-1-8-21-13-6-9-20-10-13/h2-5,13H,1,6-10H2,(H,16,17)(H,18,19). The number of amides is 1. The molecule has 0 saturated carbocycles. The van der Waals surface area contributed by atoms with E-state index in [1.165, 1.54) is 24.3 Å². The average Bonchev–Trinajstić information content (AvgIpc) is 3.00. The predicted octanol–water partition coefficient (Wildman–Crippen LogP) is 1.31. The highest BCUT2D eigenvalue weighted by Crippen LogP contribution is 2.08. The fraction of sp³-hybridized carbons (Fsp3) is 0.467. The number of nitrogens with one attached hydrogen (secondary N) is 1. The van der Waals surface area contributed by atoms with Gasteiger partial charge in [-0.05, 0) is 37.1 Å². The third-order valence-corrected chi connectivity index (χ3v) is 3.24. The normalized spacial score (nSPS) is 17.6. The Morgan fingerprint density at radius 2 is 2.00 bits per heavy atom. The van der Waals surface area contributed by atoms with Gasteiger partial charge in [0.15, 0.2) is 0 Å². The van der Waals surface area contributed by atoms with Crippen LogP contribution in [0.25, 0.3) is 0 Å². The summed E-state index contributed by atoms with van der Waals surface area (Å²) in [6.07, 6.45) is 1.85. The molecule has 1 atom stereocenters. The molecular formula is C15H19NO5. The SMILES string of the molecule is O=C(O)c1ccc(C(=O)NCCCOC2CCOC2)cc1. The first-order valence-corrected chi connectivity index (χ1v) is 6.97. The molecule has 114 valence electrons. The fourth-order valence-electron chi connectivity index (χ4n) is 2.03. The van der Waals surface area contributed by atoms with E-state index < -0.39 is 5.97 Å². The van der Waals surface area contributed by atoms with E-state index in [9.17, 15) is 9.59 Å². The summed E-state index contributed by atoms with van der Waals surface area (Å²) in [7, 11) is 0. The Labute approximate surface area is 123 Å². The first kappa shape index (κ1) is 15.5. The van der Waals surface area contributed by atoms with E-state index in [2.05, 4.69) is 5.32 Å². The number of carbonyl (C=O) groups excluding carboxylic acids is 1. The van der Waals surface area contributed by atoms with Gasteiger partial charge in [-0.15, -0.1) is 0 Å². The first-order chi connectivity index (χ1) is 10.2. The number of hydrogen-bond donors (Lipinski definition) is 2. The molecule has 0 aliphatic carbocycles. The molecule has 1 aliphatic rings. The highest BCUT2D eigenvalue weighted by Gasteiger charge is 2.15. The van der Waals surface area contributed by atoms with Crippen LogP contribution < -0.4 is 5.32 Å². The zero-order valence-electron chi connectivity index (χ0n) is 11.7. The van der Waals surface area contributed by atoms with Crippen LogP contribution in [0.4, 0.5) is 0 Å². The van der Waals surface area contributed by atoms with Crippen molar-refractivity contribution in [3.8, 4) is 0 Å². The van der Waals surface area contributed by atoms with Crippen LogP contribution in [0.2, 0.25) is 0 Å². The molecule has 2 N–H and O–H groups in total. The van der Waals surface area contributed by atoms with Crippen LogP contribution in [0.1, 0.15) is 33.6 Å². The largest absolute Gasteiger partial charge is 0.478 e. The van der Waals surface area contributed by atoms with Crippen molar-refractivity contribution < 1.29 is 24.2 Å². The lowest BCUT2D eigenvalue weighted by Gasteiger charge is -2.10. The Morgan fingerprint density at radius 1 is 1.29 bits per heavy atom. The maximum absolute atomic E-state index is 11.8. The Morgan fingerprint density at radius 3 is 2.62 bits per heavy atom. The van der Waals surface area contributed by atoms with Crippen molar-refractivity contribution in [2.24, 2.45) is 0 Å². The number of aromatic carboxylic acids is 1. The van der Waals surface area contributed by atoms with E-state index in [4.69, 9.17) is 14.6 Å². The van der Waals surface area contributed by atoms with Crippen molar-refractivity contribution in [3.05, 3.63) is 35.4 Å². The highest BCUT2D eigenvalue weighted by atomic mass is 16.5. The van der Waals surface area contributed by atoms with Gasteiger partial charge < -0.3 is 19.9 Å². The van der Waals surface area contributed by atoms with E-state index in [0.717, 1.165) is 19.4 Å². The minimum atomic E-state index is -1.00. The predicted molar refractivity (Wildman–Crippen MR) is 75.5 cm³/mol. The van der Waals surface area contributed by atoms with Crippen molar-refractivity contribution in [1.82, 2.24) is 5.32 Å². The van der Waals surface area contributed by atoms with Crippen molar-refractivity contribution >= 4 is 11.9 Å². The molecule has 2 rings (SSSR count). The summed E-state index contributed by atoms with van der Waals surface area (Å²) < 4.78 is 10.8. The molecule has 1 saturated heterocycles. The monoisotopic (exact) mass is 293 g/mol. The van der Waals surface area contributed by atoms with Gasteiger partial charge in [0.05, 0.1) is 18.3 Å². The van der Waals surface area contributed by atoms with Crippen molar-refractivity contribution in [2.75, 3.05) is 26.4 Å². The molecule has 1 unspecified atom stereocenters. The second-order valence-corrected chi connectivity index (χ2v) is 4.85. The van der Waals surface area contributed by atoms with Crippen LogP contribution in [-0.4, -0.2) is 49.5 Å². The quantitative estimate of drug-likeness (QED) is 0.740. The van der Waals surface area contributed by atoms with Gasteiger partial charge in [0.2, 0.25) is 0 Å². The molecule has 21 heavy (non-hydrogen) atoms. The molecule has 6 nitrogen and oxygen atoms in total. The van der Waals surface area contributed by atoms with Crippen LogP contribution in [-0.2, 0) is 9.47 Å². The summed E-state index contributed by atoms with van der Waals surface area (Å²) in [5.74, 6) is -1.22. The lowest BCUT2D eigenvalue weighted by molar-refractivity contribution is 0.0415. The van der Waals surface area contributed by atoms with Gasteiger partial charge in [-0.1, -0.05) is 0 Å². The maximum atomic E-state index is 11.8. The molecule has 0 spiro atoms. The number of hydrogen-bond acceptors (Lipinski definition) is 4. The topological polar surface area (TPSA) is 84.9 Å². The lowest BCUT2D eigenvalue weighted by Crippen LogP contribution is -2.26. The van der Waals surface area contributed by atoms with Crippen LogP contribution in [0.3, 0.4) is 0 Å². The minimum absolute atomic E-state index is 0.165. The summed E-state index contributed by atoms with van der Waals surface area (Å²) in [5.41, 5.74) is 0.615. The molecule has 1 aromatic rings. The van der Waals surface area contributed by atoms with Crippen LogP contribution in [0.5, 0.6) is 0 Å². The smallest absolute Gasteiger partial charge is 0.335 e. The third-order valence-electron chi connectivity index (χ3n) is 3.24. The fourth-order valence-corrected chi connectivity index (χ4v) is 2.03. The molecule has 1 fully saturated rings. The van der Waals surface area contributed by atoms with Crippen LogP contribution in [0.15, 0.2) is 24.3 Å². The first-order valence-electron chi connectivity index (χ1n) is 6.97. The minimum Gasteiger partial charge on any atom is -0.478 e. The number of carboxylic acids is 1. The Balaban J connectivity index is 1.65. The number of benzene rings is 1. The molecule has 0 bridgehead atoms. The molecule has 1 heterocycles. The molecule has 6 heteroatoms. The summed E-state index contributed by atoms with van der Waals surface area (Å²) in [4.78, 5) is 22.5. The van der Waals surface area contributed by atoms with Crippen LogP contribution >= 0.6 is 0 Å². The Kier molecular flexibility index (Phi) is 5.71. The Bertz CT molecular complexity index is 479. The van der Waals surface area contributed by atoms with Crippen molar-refractivity contribution in [3.63, 3.8) is 0 Å². The summed E-state index contributed by atoms with van der Waals surface area (Å²) >= 11 is 0. The van der Waals surface area contributed by atoms with Gasteiger partial charge in [-0.25, -0.2) is 4.79 Å².